The Morgan fingerprint density at radius 2 is 1.75 bits per heavy atom. The zero-order valence-corrected chi connectivity index (χ0v) is 22.5. The summed E-state index contributed by atoms with van der Waals surface area (Å²) in [5.74, 6) is 0.261. The van der Waals surface area contributed by atoms with Gasteiger partial charge in [-0.1, -0.05) is 53.0 Å². The molecule has 0 radical (unpaired) electrons. The molecule has 182 valence electrons. The number of carbonyl (C=O) groups excluding carboxylic acids is 1. The van der Waals surface area contributed by atoms with Crippen LogP contribution in [0, 0.1) is 0 Å². The van der Waals surface area contributed by atoms with Crippen molar-refractivity contribution >= 4 is 95.7 Å². The lowest BCUT2D eigenvalue weighted by molar-refractivity contribution is 0.103. The number of benzene rings is 3. The van der Waals surface area contributed by atoms with E-state index in [4.69, 9.17) is 50.3 Å². The molecule has 6 nitrogen and oxygen atoms in total. The maximum atomic E-state index is 13.3. The number of thiophene rings is 1. The van der Waals surface area contributed by atoms with Crippen molar-refractivity contribution in [2.75, 3.05) is 23.5 Å². The average Bonchev–Trinajstić information content (AvgIpc) is 3.43. The van der Waals surface area contributed by atoms with Crippen LogP contribution in [-0.2, 0) is 0 Å². The van der Waals surface area contributed by atoms with E-state index < -0.39 is 5.91 Å². The Labute approximate surface area is 229 Å². The standard InChI is InChI=1S/C25H17Cl3N4O2S2/c1-34-13-6-4-5-12(9-13)30-24-20(25-32-17-7-2-3-8-19(17)35-25)21(29)22(36-24)23(33)31-18-11-15(27)14(26)10-16(18)28/h2-11,30H,29H2,1H3,(H,31,33). The van der Waals surface area contributed by atoms with E-state index in [0.717, 1.165) is 15.9 Å². The number of amides is 1. The number of methoxy groups -OCH3 is 1. The SMILES string of the molecule is COc1cccc(Nc2sc(C(=O)Nc3cc(Cl)c(Cl)cc3Cl)c(N)c2-c2nc3ccccc3s2)c1. The first-order valence-corrected chi connectivity index (χ1v) is 13.3. The Kier molecular flexibility index (Phi) is 6.96. The molecule has 11 heteroatoms. The molecule has 0 aliphatic heterocycles. The van der Waals surface area contributed by atoms with Crippen LogP contribution in [0.25, 0.3) is 20.8 Å². The quantitative estimate of drug-likeness (QED) is 0.176. The van der Waals surface area contributed by atoms with Gasteiger partial charge in [0.15, 0.2) is 0 Å². The van der Waals surface area contributed by atoms with Gasteiger partial charge in [0.05, 0.1) is 49.3 Å². The minimum Gasteiger partial charge on any atom is -0.497 e. The molecule has 36 heavy (non-hydrogen) atoms. The highest BCUT2D eigenvalue weighted by molar-refractivity contribution is 7.23. The molecule has 3 aromatic carbocycles. The van der Waals surface area contributed by atoms with Gasteiger partial charge in [-0.05, 0) is 36.4 Å². The lowest BCUT2D eigenvalue weighted by atomic mass is 10.2. The van der Waals surface area contributed by atoms with Crippen molar-refractivity contribution in [1.82, 2.24) is 4.98 Å². The van der Waals surface area contributed by atoms with E-state index >= 15 is 0 Å². The first-order chi connectivity index (χ1) is 17.3. The first-order valence-electron chi connectivity index (χ1n) is 10.5. The van der Waals surface area contributed by atoms with E-state index in [1.165, 1.54) is 34.8 Å². The number of para-hydroxylation sites is 1. The van der Waals surface area contributed by atoms with E-state index in [2.05, 4.69) is 10.6 Å². The molecular formula is C25H17Cl3N4O2S2. The number of carbonyl (C=O) groups is 1. The minimum atomic E-state index is -0.432. The molecule has 0 saturated heterocycles. The normalized spacial score (nSPS) is 11.0. The second-order valence-electron chi connectivity index (χ2n) is 7.59. The molecule has 2 heterocycles. The number of halogens is 3. The zero-order valence-electron chi connectivity index (χ0n) is 18.6. The molecule has 1 amide bonds. The number of hydrogen-bond donors (Lipinski definition) is 3. The van der Waals surface area contributed by atoms with Crippen molar-refractivity contribution in [1.29, 1.82) is 0 Å². The van der Waals surface area contributed by atoms with Crippen LogP contribution in [0.5, 0.6) is 5.75 Å². The second-order valence-corrected chi connectivity index (χ2v) is 10.9. The van der Waals surface area contributed by atoms with Gasteiger partial charge in [-0.15, -0.1) is 22.7 Å². The molecule has 0 aliphatic rings. The van der Waals surface area contributed by atoms with Gasteiger partial charge in [-0.3, -0.25) is 4.79 Å². The summed E-state index contributed by atoms with van der Waals surface area (Å²) in [6.07, 6.45) is 0. The lowest BCUT2D eigenvalue weighted by Crippen LogP contribution is -2.12. The number of nitrogens with zero attached hydrogens (tertiary/aromatic N) is 1. The number of nitrogens with one attached hydrogen (secondary N) is 2. The third kappa shape index (κ3) is 4.83. The third-order valence-electron chi connectivity index (χ3n) is 5.24. The van der Waals surface area contributed by atoms with Crippen LogP contribution in [0.4, 0.5) is 22.1 Å². The molecule has 0 bridgehead atoms. The summed E-state index contributed by atoms with van der Waals surface area (Å²) in [7, 11) is 1.60. The summed E-state index contributed by atoms with van der Waals surface area (Å²) in [6.45, 7) is 0. The van der Waals surface area contributed by atoms with Gasteiger partial charge >= 0.3 is 0 Å². The number of nitrogens with two attached hydrogens (primary N) is 1. The fourth-order valence-corrected chi connectivity index (χ4v) is 6.25. The predicted molar refractivity (Wildman–Crippen MR) is 153 cm³/mol. The molecule has 4 N–H and O–H groups in total. The maximum Gasteiger partial charge on any atom is 0.267 e. The smallest absolute Gasteiger partial charge is 0.267 e. The molecular weight excluding hydrogens is 559 g/mol. The highest BCUT2D eigenvalue weighted by Gasteiger charge is 2.25. The van der Waals surface area contributed by atoms with Gasteiger partial charge in [-0.25, -0.2) is 4.98 Å². The predicted octanol–water partition coefficient (Wildman–Crippen LogP) is 8.57. The fourth-order valence-electron chi connectivity index (χ4n) is 3.52. The average molecular weight is 576 g/mol. The highest BCUT2D eigenvalue weighted by Crippen LogP contribution is 2.47. The Bertz CT molecular complexity index is 1580. The Hall–Kier alpha value is -3.01. The molecule has 0 aliphatic carbocycles. The minimum absolute atomic E-state index is 0.258. The maximum absolute atomic E-state index is 13.3. The summed E-state index contributed by atoms with van der Waals surface area (Å²) in [5.41, 5.74) is 9.49. The summed E-state index contributed by atoms with van der Waals surface area (Å²) < 4.78 is 6.35. The molecule has 0 spiro atoms. The van der Waals surface area contributed by atoms with Gasteiger partial charge in [0.1, 0.15) is 20.6 Å². The van der Waals surface area contributed by atoms with Crippen LogP contribution >= 0.6 is 57.5 Å². The summed E-state index contributed by atoms with van der Waals surface area (Å²) in [4.78, 5) is 18.4. The Morgan fingerprint density at radius 3 is 2.53 bits per heavy atom. The second kappa shape index (κ2) is 10.2. The van der Waals surface area contributed by atoms with E-state index in [-0.39, 0.29) is 10.0 Å². The van der Waals surface area contributed by atoms with Gasteiger partial charge in [0.25, 0.3) is 5.91 Å². The van der Waals surface area contributed by atoms with Gasteiger partial charge in [0.2, 0.25) is 0 Å². The lowest BCUT2D eigenvalue weighted by Gasteiger charge is -2.08. The van der Waals surface area contributed by atoms with E-state index in [0.29, 0.717) is 42.6 Å². The van der Waals surface area contributed by atoms with Crippen molar-refractivity contribution in [3.05, 3.63) is 80.6 Å². The number of nitrogen functional groups attached to an aromatic ring is 1. The van der Waals surface area contributed by atoms with E-state index in [1.807, 2.05) is 48.5 Å². The van der Waals surface area contributed by atoms with Crippen molar-refractivity contribution < 1.29 is 9.53 Å². The van der Waals surface area contributed by atoms with Crippen LogP contribution in [0.1, 0.15) is 9.67 Å². The largest absolute Gasteiger partial charge is 0.497 e. The molecule has 5 aromatic rings. The number of anilines is 4. The molecule has 0 atom stereocenters. The summed E-state index contributed by atoms with van der Waals surface area (Å²) in [5, 5.41) is 8.35. The Balaban J connectivity index is 1.59. The van der Waals surface area contributed by atoms with Crippen LogP contribution in [-0.4, -0.2) is 18.0 Å². The van der Waals surface area contributed by atoms with E-state index in [9.17, 15) is 4.79 Å². The van der Waals surface area contributed by atoms with Crippen molar-refractivity contribution in [3.8, 4) is 16.3 Å². The van der Waals surface area contributed by atoms with Gasteiger partial charge in [0, 0.05) is 11.8 Å². The van der Waals surface area contributed by atoms with Gasteiger partial charge < -0.3 is 21.1 Å². The number of thiazole rings is 1. The first kappa shape index (κ1) is 24.7. The summed E-state index contributed by atoms with van der Waals surface area (Å²) in [6, 6.07) is 18.3. The van der Waals surface area contributed by atoms with Crippen LogP contribution in [0.3, 0.4) is 0 Å². The van der Waals surface area contributed by atoms with Crippen molar-refractivity contribution in [2.45, 2.75) is 0 Å². The van der Waals surface area contributed by atoms with Crippen LogP contribution in [0.15, 0.2) is 60.7 Å². The molecule has 5 rings (SSSR count). The summed E-state index contributed by atoms with van der Waals surface area (Å²) >= 11 is 21.1. The topological polar surface area (TPSA) is 89.3 Å². The van der Waals surface area contributed by atoms with Gasteiger partial charge in [-0.2, -0.15) is 0 Å². The van der Waals surface area contributed by atoms with Crippen molar-refractivity contribution in [2.24, 2.45) is 0 Å². The Morgan fingerprint density at radius 1 is 0.972 bits per heavy atom. The van der Waals surface area contributed by atoms with E-state index in [1.54, 1.807) is 7.11 Å². The van der Waals surface area contributed by atoms with Crippen LogP contribution < -0.4 is 21.1 Å². The monoisotopic (exact) mass is 574 g/mol. The fraction of sp³-hybridized carbons (Fsp3) is 0.0400. The number of rotatable bonds is 6. The van der Waals surface area contributed by atoms with Crippen molar-refractivity contribution in [3.63, 3.8) is 0 Å². The highest BCUT2D eigenvalue weighted by atomic mass is 35.5. The molecule has 0 unspecified atom stereocenters. The third-order valence-corrected chi connectivity index (χ3v) is 8.45. The number of hydrogen-bond acceptors (Lipinski definition) is 7. The number of aromatic nitrogens is 1. The number of fused-ring (bicyclic) bond motifs is 1. The molecule has 0 fully saturated rings. The van der Waals surface area contributed by atoms with Crippen LogP contribution in [0.2, 0.25) is 15.1 Å². The number of ether oxygens (including phenoxy) is 1. The molecule has 0 saturated carbocycles. The molecule has 2 aromatic heterocycles. The zero-order chi connectivity index (χ0) is 25.4.